The molecule has 0 heterocycles. The summed E-state index contributed by atoms with van der Waals surface area (Å²) in [4.78, 5) is 0. The Labute approximate surface area is 190 Å². The van der Waals surface area contributed by atoms with Gasteiger partial charge in [-0.05, 0) is 67.9 Å². The summed E-state index contributed by atoms with van der Waals surface area (Å²) < 4.78 is 0. The van der Waals surface area contributed by atoms with E-state index in [1.54, 1.807) is 24.3 Å². The van der Waals surface area contributed by atoms with Crippen LogP contribution in [0.1, 0.15) is 0 Å². The molecule has 0 aliphatic rings. The van der Waals surface area contributed by atoms with Gasteiger partial charge in [-0.3, -0.25) is 0 Å². The average molecular weight is 428 g/mol. The minimum Gasteiger partial charge on any atom is -0.508 e. The molecule has 0 fully saturated rings. The van der Waals surface area contributed by atoms with Gasteiger partial charge in [0.15, 0.2) is 0 Å². The van der Waals surface area contributed by atoms with Crippen molar-refractivity contribution < 1.29 is 15.3 Å². The highest BCUT2D eigenvalue weighted by Gasteiger charge is 2.18. The fourth-order valence-corrected chi connectivity index (χ4v) is 4.87. The van der Waals surface area contributed by atoms with Crippen LogP contribution in [0.15, 0.2) is 103 Å². The van der Waals surface area contributed by atoms with Crippen LogP contribution >= 0.6 is 0 Å². The molecule has 3 heteroatoms. The van der Waals surface area contributed by atoms with Crippen LogP contribution < -0.4 is 0 Å². The van der Waals surface area contributed by atoms with Crippen LogP contribution in [0.3, 0.4) is 0 Å². The molecule has 0 amide bonds. The molecule has 0 spiro atoms. The van der Waals surface area contributed by atoms with Gasteiger partial charge in [0.25, 0.3) is 0 Å². The molecule has 6 rings (SSSR count). The van der Waals surface area contributed by atoms with Gasteiger partial charge in [0.1, 0.15) is 17.2 Å². The number of hydrogen-bond donors (Lipinski definition) is 3. The SMILES string of the molecule is Oc1ccc2cccc(-c3ccc(-c4c(O)ccc5ccccc45)c4c(O)cccc34)c2c1. The van der Waals surface area contributed by atoms with E-state index in [0.717, 1.165) is 43.6 Å². The maximum Gasteiger partial charge on any atom is 0.124 e. The van der Waals surface area contributed by atoms with Crippen molar-refractivity contribution in [2.45, 2.75) is 0 Å². The van der Waals surface area contributed by atoms with Gasteiger partial charge in [0, 0.05) is 10.9 Å². The van der Waals surface area contributed by atoms with Crippen LogP contribution in [-0.2, 0) is 0 Å². The third-order valence-corrected chi connectivity index (χ3v) is 6.35. The summed E-state index contributed by atoms with van der Waals surface area (Å²) >= 11 is 0. The standard InChI is InChI=1S/C30H20O3/c31-20-13-11-19-6-3-8-22(26(19)17-20)23-14-15-25(30-24(23)9-4-10-27(30)32)29-21-7-2-1-5-18(21)12-16-28(29)33/h1-17,31-33H. The molecule has 3 N–H and O–H groups in total. The number of fused-ring (bicyclic) bond motifs is 3. The van der Waals surface area contributed by atoms with Crippen LogP contribution in [0.25, 0.3) is 54.6 Å². The van der Waals surface area contributed by atoms with Crippen molar-refractivity contribution in [3.05, 3.63) is 103 Å². The number of hydrogen-bond acceptors (Lipinski definition) is 3. The van der Waals surface area contributed by atoms with E-state index in [1.807, 2.05) is 78.9 Å². The van der Waals surface area contributed by atoms with Gasteiger partial charge in [-0.15, -0.1) is 0 Å². The maximum atomic E-state index is 11.0. The number of aromatic hydroxyl groups is 3. The third-order valence-electron chi connectivity index (χ3n) is 6.35. The molecule has 0 saturated heterocycles. The molecule has 0 aromatic heterocycles. The van der Waals surface area contributed by atoms with Gasteiger partial charge in [0.2, 0.25) is 0 Å². The first-order chi connectivity index (χ1) is 16.1. The summed E-state index contributed by atoms with van der Waals surface area (Å²) in [5, 5.41) is 37.4. The fraction of sp³-hybridized carbons (Fsp3) is 0. The van der Waals surface area contributed by atoms with Crippen molar-refractivity contribution in [1.82, 2.24) is 0 Å². The second kappa shape index (κ2) is 7.28. The van der Waals surface area contributed by atoms with Crippen molar-refractivity contribution in [3.63, 3.8) is 0 Å². The highest BCUT2D eigenvalue weighted by Crippen LogP contribution is 2.46. The van der Waals surface area contributed by atoms with Gasteiger partial charge in [0.05, 0.1) is 0 Å². The van der Waals surface area contributed by atoms with Crippen LogP contribution in [0, 0.1) is 0 Å². The average Bonchev–Trinajstić information content (AvgIpc) is 2.83. The highest BCUT2D eigenvalue weighted by molar-refractivity contribution is 6.15. The van der Waals surface area contributed by atoms with Crippen molar-refractivity contribution in [2.75, 3.05) is 0 Å². The van der Waals surface area contributed by atoms with E-state index >= 15 is 0 Å². The Morgan fingerprint density at radius 1 is 0.424 bits per heavy atom. The fourth-order valence-electron chi connectivity index (χ4n) is 4.87. The van der Waals surface area contributed by atoms with Crippen molar-refractivity contribution in [1.29, 1.82) is 0 Å². The molecule has 0 atom stereocenters. The monoisotopic (exact) mass is 428 g/mol. The predicted octanol–water partition coefficient (Wildman–Crippen LogP) is 7.60. The van der Waals surface area contributed by atoms with E-state index < -0.39 is 0 Å². The van der Waals surface area contributed by atoms with Crippen molar-refractivity contribution in [3.8, 4) is 39.5 Å². The number of benzene rings is 6. The summed E-state index contributed by atoms with van der Waals surface area (Å²) in [6.45, 7) is 0. The molecule has 33 heavy (non-hydrogen) atoms. The Bertz CT molecular complexity index is 1700. The number of phenolic OH excluding ortho intramolecular Hbond substituents is 3. The summed E-state index contributed by atoms with van der Waals surface area (Å²) in [5.41, 5.74) is 3.37. The van der Waals surface area contributed by atoms with Gasteiger partial charge in [-0.2, -0.15) is 0 Å². The largest absolute Gasteiger partial charge is 0.508 e. The minimum atomic E-state index is 0.153. The molecule has 6 aromatic rings. The lowest BCUT2D eigenvalue weighted by Crippen LogP contribution is -1.90. The molecule has 158 valence electrons. The van der Waals surface area contributed by atoms with E-state index in [0.29, 0.717) is 10.9 Å². The smallest absolute Gasteiger partial charge is 0.124 e. The van der Waals surface area contributed by atoms with Gasteiger partial charge in [-0.1, -0.05) is 78.9 Å². The quantitative estimate of drug-likeness (QED) is 0.266. The maximum absolute atomic E-state index is 11.0. The van der Waals surface area contributed by atoms with Crippen LogP contribution in [0.5, 0.6) is 17.2 Å². The summed E-state index contributed by atoms with van der Waals surface area (Å²) in [7, 11) is 0. The summed E-state index contributed by atoms with van der Waals surface area (Å²) in [6, 6.07) is 32.4. The first kappa shape index (κ1) is 19.2. The molecular weight excluding hydrogens is 408 g/mol. The first-order valence-electron chi connectivity index (χ1n) is 10.8. The second-order valence-corrected chi connectivity index (χ2v) is 8.25. The Morgan fingerprint density at radius 2 is 1.09 bits per heavy atom. The topological polar surface area (TPSA) is 60.7 Å². The molecule has 0 aliphatic carbocycles. The van der Waals surface area contributed by atoms with E-state index in [-0.39, 0.29) is 17.2 Å². The lowest BCUT2D eigenvalue weighted by Gasteiger charge is -2.17. The predicted molar refractivity (Wildman–Crippen MR) is 135 cm³/mol. The summed E-state index contributed by atoms with van der Waals surface area (Å²) in [5.74, 6) is 0.528. The normalized spacial score (nSPS) is 11.4. The molecule has 3 nitrogen and oxygen atoms in total. The van der Waals surface area contributed by atoms with Crippen molar-refractivity contribution >= 4 is 32.3 Å². The Morgan fingerprint density at radius 3 is 2.00 bits per heavy atom. The van der Waals surface area contributed by atoms with Crippen molar-refractivity contribution in [2.24, 2.45) is 0 Å². The third kappa shape index (κ3) is 2.98. The minimum absolute atomic E-state index is 0.153. The number of rotatable bonds is 2. The molecule has 0 saturated carbocycles. The van der Waals surface area contributed by atoms with E-state index in [1.165, 1.54) is 0 Å². The van der Waals surface area contributed by atoms with E-state index in [9.17, 15) is 15.3 Å². The molecule has 0 unspecified atom stereocenters. The Balaban J connectivity index is 1.72. The Hall–Kier alpha value is -4.50. The highest BCUT2D eigenvalue weighted by atomic mass is 16.3. The lowest BCUT2D eigenvalue weighted by atomic mass is 9.88. The van der Waals surface area contributed by atoms with Crippen LogP contribution in [0.4, 0.5) is 0 Å². The van der Waals surface area contributed by atoms with Crippen LogP contribution in [-0.4, -0.2) is 15.3 Å². The molecule has 6 aromatic carbocycles. The molecule has 0 aliphatic heterocycles. The molecule has 0 bridgehead atoms. The zero-order valence-electron chi connectivity index (χ0n) is 17.7. The first-order valence-corrected chi connectivity index (χ1v) is 10.8. The van der Waals surface area contributed by atoms with Gasteiger partial charge >= 0.3 is 0 Å². The zero-order valence-corrected chi connectivity index (χ0v) is 17.7. The Kier molecular flexibility index (Phi) is 4.24. The van der Waals surface area contributed by atoms with E-state index in [4.69, 9.17) is 0 Å². The zero-order chi connectivity index (χ0) is 22.5. The molecular formula is C30H20O3. The lowest BCUT2D eigenvalue weighted by molar-refractivity contribution is 0.476. The van der Waals surface area contributed by atoms with Gasteiger partial charge < -0.3 is 15.3 Å². The van der Waals surface area contributed by atoms with Gasteiger partial charge in [-0.25, -0.2) is 0 Å². The molecule has 0 radical (unpaired) electrons. The van der Waals surface area contributed by atoms with E-state index in [2.05, 4.69) is 0 Å². The van der Waals surface area contributed by atoms with Crippen LogP contribution in [0.2, 0.25) is 0 Å². The number of phenols is 3. The second-order valence-electron chi connectivity index (χ2n) is 8.25. The summed E-state index contributed by atoms with van der Waals surface area (Å²) in [6.07, 6.45) is 0.